The van der Waals surface area contributed by atoms with Crippen molar-refractivity contribution in [2.75, 3.05) is 42.9 Å². The first-order valence-electron chi connectivity index (χ1n) is 10.2. The third-order valence-electron chi connectivity index (χ3n) is 5.20. The van der Waals surface area contributed by atoms with Crippen LogP contribution in [0, 0.1) is 0 Å². The number of carbonyl (C=O) groups excluding carboxylic acids is 1. The molecule has 3 rings (SSSR count). The van der Waals surface area contributed by atoms with Crippen molar-refractivity contribution in [2.45, 2.75) is 30.8 Å². The van der Waals surface area contributed by atoms with Gasteiger partial charge in [0.15, 0.2) is 0 Å². The first-order chi connectivity index (χ1) is 14.4. The van der Waals surface area contributed by atoms with Crippen molar-refractivity contribution in [3.63, 3.8) is 0 Å². The highest BCUT2D eigenvalue weighted by atomic mass is 32.2. The number of carbonyl (C=O) groups is 1. The van der Waals surface area contributed by atoms with E-state index in [9.17, 15) is 13.2 Å². The fourth-order valence-corrected chi connectivity index (χ4v) is 4.78. The summed E-state index contributed by atoms with van der Waals surface area (Å²) in [6.07, 6.45) is 2.11. The van der Waals surface area contributed by atoms with Crippen LogP contribution in [0.4, 0.5) is 11.4 Å². The SMILES string of the molecule is CCOC1CCN(CC(=O)Nc2cccc(S(=O)(=O)N(C)c3ccccc3)c2)CC1. The molecule has 7 nitrogen and oxygen atoms in total. The summed E-state index contributed by atoms with van der Waals surface area (Å²) in [5.41, 5.74) is 1.04. The maximum absolute atomic E-state index is 13.0. The quantitative estimate of drug-likeness (QED) is 0.695. The van der Waals surface area contributed by atoms with E-state index < -0.39 is 10.0 Å². The van der Waals surface area contributed by atoms with Gasteiger partial charge < -0.3 is 10.1 Å². The van der Waals surface area contributed by atoms with Gasteiger partial charge in [-0.25, -0.2) is 8.42 Å². The van der Waals surface area contributed by atoms with Crippen LogP contribution in [0.3, 0.4) is 0 Å². The largest absolute Gasteiger partial charge is 0.378 e. The smallest absolute Gasteiger partial charge is 0.264 e. The molecule has 1 fully saturated rings. The first-order valence-corrected chi connectivity index (χ1v) is 11.6. The summed E-state index contributed by atoms with van der Waals surface area (Å²) in [7, 11) is -2.22. The van der Waals surface area contributed by atoms with Crippen LogP contribution in [0.15, 0.2) is 59.5 Å². The molecule has 1 amide bonds. The minimum atomic E-state index is -3.73. The van der Waals surface area contributed by atoms with Crippen LogP contribution < -0.4 is 9.62 Å². The molecule has 0 bridgehead atoms. The van der Waals surface area contributed by atoms with Crippen molar-refractivity contribution in [3.05, 3.63) is 54.6 Å². The molecular formula is C22H29N3O4S. The summed E-state index contributed by atoms with van der Waals surface area (Å²) in [5, 5.41) is 2.82. The molecular weight excluding hydrogens is 402 g/mol. The molecule has 0 aromatic heterocycles. The maximum Gasteiger partial charge on any atom is 0.264 e. The molecule has 1 N–H and O–H groups in total. The number of benzene rings is 2. The zero-order chi connectivity index (χ0) is 21.6. The van der Waals surface area contributed by atoms with Gasteiger partial charge in [-0.05, 0) is 50.1 Å². The second-order valence-electron chi connectivity index (χ2n) is 7.31. The number of piperidine rings is 1. The van der Waals surface area contributed by atoms with Gasteiger partial charge in [-0.15, -0.1) is 0 Å². The number of rotatable bonds is 8. The summed E-state index contributed by atoms with van der Waals surface area (Å²) in [5.74, 6) is -0.157. The average Bonchev–Trinajstić information content (AvgIpc) is 2.75. The van der Waals surface area contributed by atoms with Gasteiger partial charge in [-0.1, -0.05) is 24.3 Å². The Labute approximate surface area is 178 Å². The van der Waals surface area contributed by atoms with Gasteiger partial charge in [0, 0.05) is 32.4 Å². The highest BCUT2D eigenvalue weighted by Gasteiger charge is 2.23. The molecule has 0 radical (unpaired) electrons. The number of ether oxygens (including phenoxy) is 1. The molecule has 1 heterocycles. The van der Waals surface area contributed by atoms with Crippen LogP contribution in [0.5, 0.6) is 0 Å². The third kappa shape index (κ3) is 5.59. The number of likely N-dealkylation sites (tertiary alicyclic amines) is 1. The van der Waals surface area contributed by atoms with E-state index in [4.69, 9.17) is 4.74 Å². The summed E-state index contributed by atoms with van der Waals surface area (Å²) in [6, 6.07) is 15.2. The van der Waals surface area contributed by atoms with Crippen LogP contribution in [0.1, 0.15) is 19.8 Å². The molecule has 1 aliphatic heterocycles. The summed E-state index contributed by atoms with van der Waals surface area (Å²) >= 11 is 0. The van der Waals surface area contributed by atoms with Crippen molar-refractivity contribution in [2.24, 2.45) is 0 Å². The molecule has 0 saturated carbocycles. The normalized spacial score (nSPS) is 15.7. The Hall–Kier alpha value is -2.42. The van der Waals surface area contributed by atoms with E-state index in [0.29, 0.717) is 18.0 Å². The summed E-state index contributed by atoms with van der Waals surface area (Å²) in [4.78, 5) is 14.7. The van der Waals surface area contributed by atoms with Crippen LogP contribution in [0.2, 0.25) is 0 Å². The van der Waals surface area contributed by atoms with Crippen molar-refractivity contribution in [1.29, 1.82) is 0 Å². The second kappa shape index (κ2) is 10.1. The number of nitrogens with one attached hydrogen (secondary N) is 1. The predicted octanol–water partition coefficient (Wildman–Crippen LogP) is 2.95. The number of anilines is 2. The van der Waals surface area contributed by atoms with Gasteiger partial charge in [0.1, 0.15) is 0 Å². The van der Waals surface area contributed by atoms with Gasteiger partial charge in [0.05, 0.1) is 23.2 Å². The lowest BCUT2D eigenvalue weighted by Gasteiger charge is -2.31. The van der Waals surface area contributed by atoms with E-state index >= 15 is 0 Å². The molecule has 1 aliphatic rings. The Kier molecular flexibility index (Phi) is 7.47. The molecule has 162 valence electrons. The molecule has 0 atom stereocenters. The number of nitrogens with zero attached hydrogens (tertiary/aromatic N) is 2. The highest BCUT2D eigenvalue weighted by Crippen LogP contribution is 2.23. The van der Waals surface area contributed by atoms with E-state index in [2.05, 4.69) is 10.2 Å². The van der Waals surface area contributed by atoms with Crippen LogP contribution in [-0.2, 0) is 19.6 Å². The molecule has 0 spiro atoms. The van der Waals surface area contributed by atoms with E-state index in [1.54, 1.807) is 36.4 Å². The maximum atomic E-state index is 13.0. The van der Waals surface area contributed by atoms with Gasteiger partial charge in [0.25, 0.3) is 10.0 Å². The molecule has 1 saturated heterocycles. The molecule has 2 aromatic rings. The minimum Gasteiger partial charge on any atom is -0.378 e. The lowest BCUT2D eigenvalue weighted by Crippen LogP contribution is -2.41. The monoisotopic (exact) mass is 431 g/mol. The molecule has 8 heteroatoms. The number of sulfonamides is 1. The molecule has 0 unspecified atom stereocenters. The Morgan fingerprint density at radius 2 is 1.83 bits per heavy atom. The Morgan fingerprint density at radius 3 is 2.50 bits per heavy atom. The van der Waals surface area contributed by atoms with Crippen molar-refractivity contribution in [1.82, 2.24) is 4.90 Å². The average molecular weight is 432 g/mol. The van der Waals surface area contributed by atoms with E-state index in [0.717, 1.165) is 25.9 Å². The van der Waals surface area contributed by atoms with Gasteiger partial charge in [-0.3, -0.25) is 14.0 Å². The topological polar surface area (TPSA) is 79.0 Å². The van der Waals surface area contributed by atoms with Crippen molar-refractivity contribution < 1.29 is 17.9 Å². The lowest BCUT2D eigenvalue weighted by atomic mass is 10.1. The van der Waals surface area contributed by atoms with E-state index in [1.165, 1.54) is 23.5 Å². The van der Waals surface area contributed by atoms with Gasteiger partial charge in [0.2, 0.25) is 5.91 Å². The first kappa shape index (κ1) is 22.3. The fourth-order valence-electron chi connectivity index (χ4n) is 3.54. The number of hydrogen-bond acceptors (Lipinski definition) is 5. The number of amides is 1. The third-order valence-corrected chi connectivity index (χ3v) is 6.98. The Morgan fingerprint density at radius 1 is 1.13 bits per heavy atom. The molecule has 0 aliphatic carbocycles. The van der Waals surface area contributed by atoms with Crippen molar-refractivity contribution in [3.8, 4) is 0 Å². The summed E-state index contributed by atoms with van der Waals surface area (Å²) in [6.45, 7) is 4.61. The van der Waals surface area contributed by atoms with E-state index in [1.807, 2.05) is 13.0 Å². The second-order valence-corrected chi connectivity index (χ2v) is 9.28. The van der Waals surface area contributed by atoms with E-state index in [-0.39, 0.29) is 23.5 Å². The van der Waals surface area contributed by atoms with Crippen LogP contribution >= 0.6 is 0 Å². The van der Waals surface area contributed by atoms with Gasteiger partial charge >= 0.3 is 0 Å². The van der Waals surface area contributed by atoms with Crippen LogP contribution in [0.25, 0.3) is 0 Å². The predicted molar refractivity (Wildman–Crippen MR) is 118 cm³/mol. The zero-order valence-electron chi connectivity index (χ0n) is 17.5. The zero-order valence-corrected chi connectivity index (χ0v) is 18.3. The lowest BCUT2D eigenvalue weighted by molar-refractivity contribution is -0.118. The molecule has 30 heavy (non-hydrogen) atoms. The fraction of sp³-hybridized carbons (Fsp3) is 0.409. The number of hydrogen-bond donors (Lipinski definition) is 1. The van der Waals surface area contributed by atoms with Crippen molar-refractivity contribution >= 4 is 27.3 Å². The number of para-hydroxylation sites is 1. The summed E-state index contributed by atoms with van der Waals surface area (Å²) < 4.78 is 32.8. The van der Waals surface area contributed by atoms with Crippen LogP contribution in [-0.4, -0.2) is 58.6 Å². The Balaban J connectivity index is 1.62. The molecule has 2 aromatic carbocycles. The highest BCUT2D eigenvalue weighted by molar-refractivity contribution is 7.92. The standard InChI is InChI=1S/C22H29N3O4S/c1-3-29-20-12-14-25(15-13-20)17-22(26)23-18-8-7-11-21(16-18)30(27,28)24(2)19-9-5-4-6-10-19/h4-11,16,20H,3,12-15,17H2,1-2H3,(H,23,26). The minimum absolute atomic E-state index is 0.129. The Bertz CT molecular complexity index is 942. The van der Waals surface area contributed by atoms with Gasteiger partial charge in [-0.2, -0.15) is 0 Å².